The number of nitrogen functional groups attached to an aromatic ring is 1. The van der Waals surface area contributed by atoms with E-state index in [0.29, 0.717) is 16.8 Å². The van der Waals surface area contributed by atoms with Gasteiger partial charge in [-0.15, -0.1) is 0 Å². The molecule has 27 heavy (non-hydrogen) atoms. The SMILES string of the molecule is COC(=O)[C@@H](NC(=O)c1ccc(C#Cc2ccccc2N)cc1)C(C)(C)O. The average molecular weight is 366 g/mol. The zero-order chi connectivity index (χ0) is 20.0. The summed E-state index contributed by atoms with van der Waals surface area (Å²) >= 11 is 0. The molecule has 0 radical (unpaired) electrons. The largest absolute Gasteiger partial charge is 0.467 e. The normalized spacial score (nSPS) is 11.7. The van der Waals surface area contributed by atoms with Crippen molar-refractivity contribution in [2.75, 3.05) is 12.8 Å². The van der Waals surface area contributed by atoms with Crippen molar-refractivity contribution in [3.8, 4) is 11.8 Å². The molecule has 0 aliphatic carbocycles. The molecule has 0 saturated heterocycles. The Hall–Kier alpha value is -3.30. The number of carbonyl (C=O) groups excluding carboxylic acids is 2. The summed E-state index contributed by atoms with van der Waals surface area (Å²) in [6.07, 6.45) is 0. The van der Waals surface area contributed by atoms with Crippen molar-refractivity contribution < 1.29 is 19.4 Å². The molecular formula is C21H22N2O4. The highest BCUT2D eigenvalue weighted by Crippen LogP contribution is 2.12. The molecule has 0 heterocycles. The molecular weight excluding hydrogens is 344 g/mol. The summed E-state index contributed by atoms with van der Waals surface area (Å²) < 4.78 is 4.64. The fourth-order valence-corrected chi connectivity index (χ4v) is 2.31. The second-order valence-corrected chi connectivity index (χ2v) is 6.50. The number of ether oxygens (including phenoxy) is 1. The Kier molecular flexibility index (Phi) is 6.22. The Labute approximate surface area is 158 Å². The van der Waals surface area contributed by atoms with E-state index in [0.717, 1.165) is 5.56 Å². The zero-order valence-electron chi connectivity index (χ0n) is 15.4. The van der Waals surface area contributed by atoms with Crippen molar-refractivity contribution >= 4 is 17.6 Å². The highest BCUT2D eigenvalue weighted by atomic mass is 16.5. The molecule has 2 aromatic carbocycles. The van der Waals surface area contributed by atoms with Crippen LogP contribution in [0.15, 0.2) is 48.5 Å². The van der Waals surface area contributed by atoms with Crippen LogP contribution in [0.2, 0.25) is 0 Å². The van der Waals surface area contributed by atoms with Crippen molar-refractivity contribution in [3.05, 3.63) is 65.2 Å². The molecule has 0 saturated carbocycles. The van der Waals surface area contributed by atoms with E-state index >= 15 is 0 Å². The van der Waals surface area contributed by atoms with Crippen LogP contribution in [-0.2, 0) is 9.53 Å². The third-order valence-electron chi connectivity index (χ3n) is 3.87. The average Bonchev–Trinajstić information content (AvgIpc) is 2.64. The van der Waals surface area contributed by atoms with E-state index in [9.17, 15) is 14.7 Å². The van der Waals surface area contributed by atoms with E-state index in [2.05, 4.69) is 21.9 Å². The first-order valence-corrected chi connectivity index (χ1v) is 8.30. The van der Waals surface area contributed by atoms with E-state index < -0.39 is 23.5 Å². The molecule has 0 bridgehead atoms. The number of nitrogens with two attached hydrogens (primary N) is 1. The monoisotopic (exact) mass is 366 g/mol. The number of methoxy groups -OCH3 is 1. The van der Waals surface area contributed by atoms with Gasteiger partial charge in [0.15, 0.2) is 6.04 Å². The van der Waals surface area contributed by atoms with E-state index in [1.54, 1.807) is 30.3 Å². The molecule has 4 N–H and O–H groups in total. The summed E-state index contributed by atoms with van der Waals surface area (Å²) in [4.78, 5) is 24.2. The Bertz CT molecular complexity index is 887. The Morgan fingerprint density at radius 1 is 1.11 bits per heavy atom. The van der Waals surface area contributed by atoms with Crippen LogP contribution in [0.3, 0.4) is 0 Å². The van der Waals surface area contributed by atoms with Gasteiger partial charge in [-0.05, 0) is 50.2 Å². The lowest BCUT2D eigenvalue weighted by Crippen LogP contribution is -2.54. The van der Waals surface area contributed by atoms with E-state index in [1.807, 2.05) is 18.2 Å². The molecule has 0 aromatic heterocycles. The number of amides is 1. The lowest BCUT2D eigenvalue weighted by atomic mass is 9.98. The number of benzene rings is 2. The van der Waals surface area contributed by atoms with Gasteiger partial charge in [0.1, 0.15) is 0 Å². The lowest BCUT2D eigenvalue weighted by Gasteiger charge is -2.27. The van der Waals surface area contributed by atoms with Gasteiger partial charge in [0.2, 0.25) is 0 Å². The maximum Gasteiger partial charge on any atom is 0.331 e. The smallest absolute Gasteiger partial charge is 0.331 e. The highest BCUT2D eigenvalue weighted by Gasteiger charge is 2.35. The molecule has 0 fully saturated rings. The minimum Gasteiger partial charge on any atom is -0.467 e. The molecule has 0 spiro atoms. The molecule has 140 valence electrons. The van der Waals surface area contributed by atoms with E-state index in [1.165, 1.54) is 21.0 Å². The van der Waals surface area contributed by atoms with Crippen molar-refractivity contribution in [1.29, 1.82) is 0 Å². The summed E-state index contributed by atoms with van der Waals surface area (Å²) in [5, 5.41) is 12.6. The van der Waals surface area contributed by atoms with Gasteiger partial charge in [0.25, 0.3) is 5.91 Å². The fraction of sp³-hybridized carbons (Fsp3) is 0.238. The van der Waals surface area contributed by atoms with Crippen LogP contribution in [0.5, 0.6) is 0 Å². The van der Waals surface area contributed by atoms with Crippen LogP contribution in [0.4, 0.5) is 5.69 Å². The molecule has 0 aliphatic heterocycles. The molecule has 6 heteroatoms. The lowest BCUT2D eigenvalue weighted by molar-refractivity contribution is -0.148. The summed E-state index contributed by atoms with van der Waals surface area (Å²) in [6.45, 7) is 2.84. The van der Waals surface area contributed by atoms with Crippen LogP contribution in [0.25, 0.3) is 0 Å². The molecule has 1 amide bonds. The number of esters is 1. The Morgan fingerprint density at radius 2 is 1.74 bits per heavy atom. The third kappa shape index (κ3) is 5.33. The van der Waals surface area contributed by atoms with Gasteiger partial charge >= 0.3 is 5.97 Å². The van der Waals surface area contributed by atoms with Crippen LogP contribution in [0, 0.1) is 11.8 Å². The first-order chi connectivity index (χ1) is 12.7. The van der Waals surface area contributed by atoms with Crippen molar-refractivity contribution in [2.24, 2.45) is 0 Å². The second-order valence-electron chi connectivity index (χ2n) is 6.50. The van der Waals surface area contributed by atoms with Crippen LogP contribution in [-0.4, -0.2) is 35.7 Å². The number of para-hydroxylation sites is 1. The van der Waals surface area contributed by atoms with E-state index in [4.69, 9.17) is 5.73 Å². The van der Waals surface area contributed by atoms with Gasteiger partial charge in [-0.3, -0.25) is 4.79 Å². The van der Waals surface area contributed by atoms with Crippen LogP contribution in [0.1, 0.15) is 35.3 Å². The van der Waals surface area contributed by atoms with Crippen LogP contribution < -0.4 is 11.1 Å². The van der Waals surface area contributed by atoms with Gasteiger partial charge < -0.3 is 20.9 Å². The predicted molar refractivity (Wildman–Crippen MR) is 103 cm³/mol. The minimum atomic E-state index is -1.47. The maximum atomic E-state index is 12.4. The van der Waals surface area contributed by atoms with E-state index in [-0.39, 0.29) is 0 Å². The van der Waals surface area contributed by atoms with Gasteiger partial charge in [-0.25, -0.2) is 4.79 Å². The highest BCUT2D eigenvalue weighted by molar-refractivity contribution is 5.97. The van der Waals surface area contributed by atoms with Gasteiger partial charge in [0.05, 0.1) is 12.7 Å². The molecule has 2 rings (SSSR count). The van der Waals surface area contributed by atoms with Crippen molar-refractivity contribution in [2.45, 2.75) is 25.5 Å². The molecule has 2 aromatic rings. The molecule has 1 atom stereocenters. The molecule has 6 nitrogen and oxygen atoms in total. The summed E-state index contributed by atoms with van der Waals surface area (Å²) in [6, 6.07) is 12.7. The minimum absolute atomic E-state index is 0.331. The fourth-order valence-electron chi connectivity index (χ4n) is 2.31. The third-order valence-corrected chi connectivity index (χ3v) is 3.87. The number of hydrogen-bond donors (Lipinski definition) is 3. The number of nitrogens with one attached hydrogen (secondary N) is 1. The quantitative estimate of drug-likeness (QED) is 0.434. The Balaban J connectivity index is 2.14. The first kappa shape index (κ1) is 20.0. The number of aliphatic hydroxyl groups is 1. The Morgan fingerprint density at radius 3 is 2.30 bits per heavy atom. The van der Waals surface area contributed by atoms with Gasteiger partial charge in [0, 0.05) is 22.4 Å². The predicted octanol–water partition coefficient (Wildman–Crippen LogP) is 1.71. The number of anilines is 1. The standard InChI is InChI=1S/C21H22N2O4/c1-21(2,26)18(20(25)27-3)23-19(24)16-12-9-14(10-13-16)8-11-15-6-4-5-7-17(15)22/h4-7,9-10,12-13,18,26H,22H2,1-3H3,(H,23,24)/t18-/m1/s1. The second kappa shape index (κ2) is 8.39. The number of hydrogen-bond acceptors (Lipinski definition) is 5. The summed E-state index contributed by atoms with van der Waals surface area (Å²) in [5.41, 5.74) is 6.75. The summed E-state index contributed by atoms with van der Waals surface area (Å²) in [7, 11) is 1.19. The zero-order valence-corrected chi connectivity index (χ0v) is 15.4. The molecule has 0 unspecified atom stereocenters. The number of rotatable bonds is 4. The van der Waals surface area contributed by atoms with Gasteiger partial charge in [-0.1, -0.05) is 24.0 Å². The van der Waals surface area contributed by atoms with Crippen molar-refractivity contribution in [1.82, 2.24) is 5.32 Å². The topological polar surface area (TPSA) is 102 Å². The van der Waals surface area contributed by atoms with Gasteiger partial charge in [-0.2, -0.15) is 0 Å². The number of carbonyl (C=O) groups is 2. The first-order valence-electron chi connectivity index (χ1n) is 8.30. The van der Waals surface area contributed by atoms with Crippen molar-refractivity contribution in [3.63, 3.8) is 0 Å². The molecule has 0 aliphatic rings. The van der Waals surface area contributed by atoms with Crippen LogP contribution >= 0.6 is 0 Å². The maximum absolute atomic E-state index is 12.4. The summed E-state index contributed by atoms with van der Waals surface area (Å²) in [5.74, 6) is 4.74.